The molecular formula is C16H20ClN3O2. The van der Waals surface area contributed by atoms with Crippen LogP contribution in [0.4, 0.5) is 0 Å². The minimum Gasteiger partial charge on any atom is -0.378 e. The van der Waals surface area contributed by atoms with Gasteiger partial charge in [-0.15, -0.1) is 0 Å². The molecule has 0 aromatic carbocycles. The molecule has 118 valence electrons. The van der Waals surface area contributed by atoms with Gasteiger partial charge in [0.05, 0.1) is 16.8 Å². The summed E-state index contributed by atoms with van der Waals surface area (Å²) < 4.78 is 7.14. The van der Waals surface area contributed by atoms with Crippen molar-refractivity contribution in [2.75, 3.05) is 19.7 Å². The highest BCUT2D eigenvalue weighted by molar-refractivity contribution is 6.30. The molecule has 0 atom stereocenters. The van der Waals surface area contributed by atoms with Crippen LogP contribution in [0.1, 0.15) is 25.5 Å². The summed E-state index contributed by atoms with van der Waals surface area (Å²) in [6.45, 7) is 5.47. The van der Waals surface area contributed by atoms with E-state index in [-0.39, 0.29) is 5.56 Å². The van der Waals surface area contributed by atoms with Crippen LogP contribution in [0.3, 0.4) is 0 Å². The number of aromatic nitrogens is 2. The van der Waals surface area contributed by atoms with Gasteiger partial charge in [-0.2, -0.15) is 0 Å². The lowest BCUT2D eigenvalue weighted by Gasteiger charge is -2.31. The van der Waals surface area contributed by atoms with Crippen LogP contribution in [0.2, 0.25) is 5.02 Å². The fourth-order valence-electron chi connectivity index (χ4n) is 2.91. The molecule has 3 rings (SSSR count). The second-order valence-corrected chi connectivity index (χ2v) is 6.03. The Labute approximate surface area is 134 Å². The molecule has 0 amide bonds. The molecule has 2 aromatic rings. The van der Waals surface area contributed by atoms with Crippen molar-refractivity contribution in [2.45, 2.75) is 32.4 Å². The highest BCUT2D eigenvalue weighted by Gasteiger charge is 2.19. The summed E-state index contributed by atoms with van der Waals surface area (Å²) >= 11 is 5.92. The van der Waals surface area contributed by atoms with Gasteiger partial charge in [-0.25, -0.2) is 4.98 Å². The van der Waals surface area contributed by atoms with E-state index in [1.54, 1.807) is 24.4 Å². The van der Waals surface area contributed by atoms with E-state index in [0.29, 0.717) is 23.3 Å². The largest absolute Gasteiger partial charge is 0.378 e. The number of piperidine rings is 1. The van der Waals surface area contributed by atoms with Gasteiger partial charge in [-0.3, -0.25) is 14.1 Å². The molecule has 0 aliphatic carbocycles. The summed E-state index contributed by atoms with van der Waals surface area (Å²) in [6, 6.07) is 5.12. The van der Waals surface area contributed by atoms with Crippen molar-refractivity contribution in [3.05, 3.63) is 45.5 Å². The van der Waals surface area contributed by atoms with E-state index in [4.69, 9.17) is 16.3 Å². The zero-order chi connectivity index (χ0) is 15.5. The van der Waals surface area contributed by atoms with Gasteiger partial charge in [-0.1, -0.05) is 11.6 Å². The number of ether oxygens (including phenoxy) is 1. The molecule has 5 nitrogen and oxygen atoms in total. The Balaban J connectivity index is 1.72. The lowest BCUT2D eigenvalue weighted by atomic mass is 10.1. The first-order chi connectivity index (χ1) is 10.7. The molecule has 0 saturated carbocycles. The zero-order valence-electron chi connectivity index (χ0n) is 12.7. The van der Waals surface area contributed by atoms with Gasteiger partial charge in [0.25, 0.3) is 5.56 Å². The van der Waals surface area contributed by atoms with E-state index in [1.807, 2.05) is 6.92 Å². The zero-order valence-corrected chi connectivity index (χ0v) is 13.4. The Morgan fingerprint density at radius 2 is 2.14 bits per heavy atom. The van der Waals surface area contributed by atoms with Crippen molar-refractivity contribution in [3.8, 4) is 0 Å². The molecule has 2 aromatic heterocycles. The first-order valence-electron chi connectivity index (χ1n) is 7.67. The van der Waals surface area contributed by atoms with E-state index < -0.39 is 0 Å². The number of hydrogen-bond donors (Lipinski definition) is 0. The molecule has 1 fully saturated rings. The van der Waals surface area contributed by atoms with Crippen LogP contribution >= 0.6 is 11.6 Å². The Morgan fingerprint density at radius 3 is 2.86 bits per heavy atom. The number of fused-ring (bicyclic) bond motifs is 1. The summed E-state index contributed by atoms with van der Waals surface area (Å²) in [6.07, 6.45) is 4.05. The second-order valence-electron chi connectivity index (χ2n) is 5.59. The van der Waals surface area contributed by atoms with Crippen LogP contribution in [-0.4, -0.2) is 40.1 Å². The summed E-state index contributed by atoms with van der Waals surface area (Å²) in [7, 11) is 0. The number of nitrogens with zero attached hydrogens (tertiary/aromatic N) is 3. The second kappa shape index (κ2) is 6.77. The molecule has 0 N–H and O–H groups in total. The van der Waals surface area contributed by atoms with Crippen LogP contribution in [0.5, 0.6) is 0 Å². The standard InChI is InChI=1S/C16H20ClN3O2/c1-2-22-14-5-7-19(8-6-14)11-13-9-16(21)20-10-12(17)3-4-15(20)18-13/h3-4,9-10,14H,2,5-8,11H2,1H3. The predicted octanol–water partition coefficient (Wildman–Crippen LogP) is 2.35. The number of halogens is 1. The van der Waals surface area contributed by atoms with Crippen LogP contribution < -0.4 is 5.56 Å². The molecule has 1 aliphatic rings. The minimum absolute atomic E-state index is 0.0910. The number of hydrogen-bond acceptors (Lipinski definition) is 4. The SMILES string of the molecule is CCOC1CCN(Cc2cc(=O)n3cc(Cl)ccc3n2)CC1. The van der Waals surface area contributed by atoms with Crippen molar-refractivity contribution < 1.29 is 4.74 Å². The van der Waals surface area contributed by atoms with E-state index >= 15 is 0 Å². The summed E-state index contributed by atoms with van der Waals surface area (Å²) in [5, 5.41) is 0.530. The van der Waals surface area contributed by atoms with Crippen LogP contribution in [0, 0.1) is 0 Å². The number of rotatable bonds is 4. The predicted molar refractivity (Wildman–Crippen MR) is 86.4 cm³/mol. The highest BCUT2D eigenvalue weighted by Crippen LogP contribution is 2.16. The van der Waals surface area contributed by atoms with E-state index in [2.05, 4.69) is 9.88 Å². The molecule has 3 heterocycles. The molecule has 0 bridgehead atoms. The Kier molecular flexibility index (Phi) is 4.76. The quantitative estimate of drug-likeness (QED) is 0.867. The van der Waals surface area contributed by atoms with E-state index in [0.717, 1.165) is 38.2 Å². The fourth-order valence-corrected chi connectivity index (χ4v) is 3.07. The molecule has 1 aliphatic heterocycles. The summed E-state index contributed by atoms with van der Waals surface area (Å²) in [5.41, 5.74) is 1.35. The average molecular weight is 322 g/mol. The molecule has 0 spiro atoms. The lowest BCUT2D eigenvalue weighted by molar-refractivity contribution is 0.0123. The Hall–Kier alpha value is -1.43. The maximum absolute atomic E-state index is 12.2. The van der Waals surface area contributed by atoms with E-state index in [1.165, 1.54) is 4.40 Å². The van der Waals surface area contributed by atoms with Crippen molar-refractivity contribution in [3.63, 3.8) is 0 Å². The van der Waals surface area contributed by atoms with E-state index in [9.17, 15) is 4.79 Å². The van der Waals surface area contributed by atoms with Gasteiger partial charge < -0.3 is 4.74 Å². The maximum Gasteiger partial charge on any atom is 0.258 e. The molecular weight excluding hydrogens is 302 g/mol. The summed E-state index contributed by atoms with van der Waals surface area (Å²) in [4.78, 5) is 19.0. The molecule has 1 saturated heterocycles. The van der Waals surface area contributed by atoms with Gasteiger partial charge >= 0.3 is 0 Å². The van der Waals surface area contributed by atoms with Crippen LogP contribution in [0.15, 0.2) is 29.2 Å². The molecule has 6 heteroatoms. The topological polar surface area (TPSA) is 46.8 Å². The van der Waals surface area contributed by atoms with Gasteiger partial charge in [0.2, 0.25) is 0 Å². The van der Waals surface area contributed by atoms with Gasteiger partial charge in [-0.05, 0) is 31.9 Å². The highest BCUT2D eigenvalue weighted by atomic mass is 35.5. The van der Waals surface area contributed by atoms with Crippen molar-refractivity contribution >= 4 is 17.2 Å². The van der Waals surface area contributed by atoms with Gasteiger partial charge in [0.15, 0.2) is 0 Å². The first-order valence-corrected chi connectivity index (χ1v) is 8.05. The number of pyridine rings is 1. The molecule has 0 unspecified atom stereocenters. The third-order valence-corrected chi connectivity index (χ3v) is 4.22. The minimum atomic E-state index is -0.0910. The normalized spacial score (nSPS) is 17.2. The maximum atomic E-state index is 12.2. The van der Waals surface area contributed by atoms with Crippen LogP contribution in [0.25, 0.3) is 5.65 Å². The Bertz CT molecular complexity index is 708. The third-order valence-electron chi connectivity index (χ3n) is 4.00. The Morgan fingerprint density at radius 1 is 1.36 bits per heavy atom. The molecule has 0 radical (unpaired) electrons. The summed E-state index contributed by atoms with van der Waals surface area (Å²) in [5.74, 6) is 0. The average Bonchev–Trinajstić information content (AvgIpc) is 2.50. The van der Waals surface area contributed by atoms with Crippen LogP contribution in [-0.2, 0) is 11.3 Å². The number of likely N-dealkylation sites (tertiary alicyclic amines) is 1. The monoisotopic (exact) mass is 321 g/mol. The van der Waals surface area contributed by atoms with Crippen molar-refractivity contribution in [2.24, 2.45) is 0 Å². The first kappa shape index (κ1) is 15.5. The van der Waals surface area contributed by atoms with Gasteiger partial charge in [0.1, 0.15) is 5.65 Å². The molecule has 22 heavy (non-hydrogen) atoms. The fraction of sp³-hybridized carbons (Fsp3) is 0.500. The van der Waals surface area contributed by atoms with Crippen molar-refractivity contribution in [1.82, 2.24) is 14.3 Å². The third kappa shape index (κ3) is 3.48. The van der Waals surface area contributed by atoms with Gasteiger partial charge in [0, 0.05) is 38.5 Å². The smallest absolute Gasteiger partial charge is 0.258 e. The van der Waals surface area contributed by atoms with Crippen molar-refractivity contribution in [1.29, 1.82) is 0 Å². The lowest BCUT2D eigenvalue weighted by Crippen LogP contribution is -2.37.